The summed E-state index contributed by atoms with van der Waals surface area (Å²) in [5, 5.41) is 3.87. The van der Waals surface area contributed by atoms with Crippen LogP contribution < -0.4 is 20.9 Å². The van der Waals surface area contributed by atoms with Gasteiger partial charge in [-0.1, -0.05) is 19.9 Å². The maximum atomic E-state index is 13.1. The fourth-order valence-electron chi connectivity index (χ4n) is 4.76. The number of nitrogens with one attached hydrogen (secondary N) is 1. The minimum Gasteiger partial charge on any atom is -0.475 e. The molecule has 212 valence electrons. The van der Waals surface area contributed by atoms with Crippen LogP contribution in [0.15, 0.2) is 44.4 Å². The van der Waals surface area contributed by atoms with Gasteiger partial charge in [-0.3, -0.25) is 18.7 Å². The van der Waals surface area contributed by atoms with E-state index in [1.54, 1.807) is 0 Å². The molecule has 11 nitrogen and oxygen atoms in total. The van der Waals surface area contributed by atoms with Crippen molar-refractivity contribution < 1.29 is 27.2 Å². The largest absolute Gasteiger partial charge is 0.475 e. The number of anilines is 1. The minimum absolute atomic E-state index is 0.0745. The molecule has 0 aliphatic carbocycles. The lowest BCUT2D eigenvalue weighted by Gasteiger charge is -2.18. The van der Waals surface area contributed by atoms with Crippen molar-refractivity contribution in [3.8, 4) is 17.5 Å². The molecule has 1 unspecified atom stereocenters. The summed E-state index contributed by atoms with van der Waals surface area (Å²) in [5.41, 5.74) is -1.15. The van der Waals surface area contributed by atoms with Crippen molar-refractivity contribution in [3.63, 3.8) is 0 Å². The summed E-state index contributed by atoms with van der Waals surface area (Å²) in [6.45, 7) is 4.71. The molecular weight excluding hydrogens is 533 g/mol. The van der Waals surface area contributed by atoms with Crippen molar-refractivity contribution in [3.05, 3.63) is 56.7 Å². The van der Waals surface area contributed by atoms with E-state index in [-0.39, 0.29) is 72.3 Å². The number of H-pyrrole nitrogens is 1. The van der Waals surface area contributed by atoms with E-state index in [0.717, 1.165) is 12.1 Å². The molecule has 40 heavy (non-hydrogen) atoms. The Morgan fingerprint density at radius 2 is 1.85 bits per heavy atom. The third-order valence-electron chi connectivity index (χ3n) is 6.63. The molecule has 0 radical (unpaired) electrons. The van der Waals surface area contributed by atoms with Crippen LogP contribution in [0.4, 0.5) is 18.9 Å². The van der Waals surface area contributed by atoms with Crippen LogP contribution in [0.2, 0.25) is 0 Å². The Hall–Kier alpha value is -4.36. The SMILES string of the molecule is CCCn1c(=O)c2[nH]c(-c3cc(OCC4CC(=O)N(c5cccc(C(F)(F)F)c5)C4)no3)nc2n(CCC)c1=O. The van der Waals surface area contributed by atoms with Crippen molar-refractivity contribution in [1.82, 2.24) is 24.3 Å². The maximum Gasteiger partial charge on any atom is 0.416 e. The van der Waals surface area contributed by atoms with Gasteiger partial charge in [-0.2, -0.15) is 13.2 Å². The van der Waals surface area contributed by atoms with Crippen molar-refractivity contribution in [1.29, 1.82) is 0 Å². The second-order valence-corrected chi connectivity index (χ2v) is 9.64. The number of carbonyl (C=O) groups excluding carboxylic acids is 1. The van der Waals surface area contributed by atoms with E-state index in [1.165, 1.54) is 32.2 Å². The number of fused-ring (bicyclic) bond motifs is 1. The van der Waals surface area contributed by atoms with E-state index in [0.29, 0.717) is 19.4 Å². The summed E-state index contributed by atoms with van der Waals surface area (Å²) in [6.07, 6.45) is -3.13. The number of carbonyl (C=O) groups is 1. The van der Waals surface area contributed by atoms with Gasteiger partial charge in [-0.05, 0) is 36.2 Å². The monoisotopic (exact) mass is 560 g/mol. The first kappa shape index (κ1) is 27.2. The van der Waals surface area contributed by atoms with Crippen molar-refractivity contribution >= 4 is 22.8 Å². The van der Waals surface area contributed by atoms with Gasteiger partial charge in [-0.15, -0.1) is 0 Å². The number of imidazole rings is 1. The number of hydrogen-bond donors (Lipinski definition) is 1. The zero-order valence-electron chi connectivity index (χ0n) is 21.8. The lowest BCUT2D eigenvalue weighted by atomic mass is 10.1. The number of benzene rings is 1. The highest BCUT2D eigenvalue weighted by atomic mass is 19.4. The summed E-state index contributed by atoms with van der Waals surface area (Å²) in [7, 11) is 0. The molecule has 1 aliphatic rings. The number of rotatable bonds is 9. The van der Waals surface area contributed by atoms with Crippen LogP contribution in [0.3, 0.4) is 0 Å². The molecule has 14 heteroatoms. The van der Waals surface area contributed by atoms with Crippen molar-refractivity contribution in [2.75, 3.05) is 18.1 Å². The Bertz CT molecular complexity index is 1670. The van der Waals surface area contributed by atoms with Gasteiger partial charge in [-0.25, -0.2) is 9.78 Å². The van der Waals surface area contributed by atoms with Gasteiger partial charge < -0.3 is 19.1 Å². The fourth-order valence-corrected chi connectivity index (χ4v) is 4.76. The lowest BCUT2D eigenvalue weighted by Crippen LogP contribution is -2.40. The van der Waals surface area contributed by atoms with Crippen LogP contribution in [0, 0.1) is 5.92 Å². The quantitative estimate of drug-likeness (QED) is 0.330. The summed E-state index contributed by atoms with van der Waals surface area (Å²) >= 11 is 0. The highest BCUT2D eigenvalue weighted by molar-refractivity contribution is 5.95. The fraction of sp³-hybridized carbons (Fsp3) is 0.423. The number of amides is 1. The van der Waals surface area contributed by atoms with Crippen molar-refractivity contribution in [2.45, 2.75) is 52.4 Å². The van der Waals surface area contributed by atoms with Crippen LogP contribution in [-0.4, -0.2) is 43.3 Å². The topological polar surface area (TPSA) is 128 Å². The Morgan fingerprint density at radius 3 is 2.58 bits per heavy atom. The number of hydrogen-bond acceptors (Lipinski definition) is 7. The van der Waals surface area contributed by atoms with E-state index in [4.69, 9.17) is 9.26 Å². The first-order valence-corrected chi connectivity index (χ1v) is 12.9. The van der Waals surface area contributed by atoms with Crippen LogP contribution in [0.1, 0.15) is 38.7 Å². The van der Waals surface area contributed by atoms with Crippen LogP contribution in [0.5, 0.6) is 5.88 Å². The molecule has 3 aromatic heterocycles. The molecule has 1 saturated heterocycles. The molecule has 1 amide bonds. The molecule has 0 spiro atoms. The van der Waals surface area contributed by atoms with Gasteiger partial charge in [0.15, 0.2) is 17.0 Å². The predicted molar refractivity (Wildman–Crippen MR) is 138 cm³/mol. The molecule has 1 atom stereocenters. The van der Waals surface area contributed by atoms with E-state index in [9.17, 15) is 27.6 Å². The van der Waals surface area contributed by atoms with Crippen molar-refractivity contribution in [2.24, 2.45) is 5.92 Å². The molecule has 0 saturated carbocycles. The van der Waals surface area contributed by atoms with E-state index in [2.05, 4.69) is 15.1 Å². The van der Waals surface area contributed by atoms with Crippen LogP contribution >= 0.6 is 0 Å². The summed E-state index contributed by atoms with van der Waals surface area (Å²) < 4.78 is 52.9. The van der Waals surface area contributed by atoms with Gasteiger partial charge in [0.1, 0.15) is 0 Å². The molecule has 5 rings (SSSR count). The molecule has 4 aromatic rings. The highest BCUT2D eigenvalue weighted by Crippen LogP contribution is 2.33. The zero-order chi connectivity index (χ0) is 28.6. The van der Waals surface area contributed by atoms with Gasteiger partial charge in [0, 0.05) is 37.7 Å². The molecular formula is C26H27F3N6O5. The van der Waals surface area contributed by atoms with E-state index < -0.39 is 23.0 Å². The number of aromatic nitrogens is 5. The number of ether oxygens (including phenoxy) is 1. The molecule has 1 aliphatic heterocycles. The van der Waals surface area contributed by atoms with Gasteiger partial charge in [0.2, 0.25) is 11.7 Å². The third-order valence-corrected chi connectivity index (χ3v) is 6.63. The third kappa shape index (κ3) is 5.12. The molecule has 4 heterocycles. The zero-order valence-corrected chi connectivity index (χ0v) is 21.8. The first-order chi connectivity index (χ1) is 19.1. The predicted octanol–water partition coefficient (Wildman–Crippen LogP) is 3.81. The Balaban J connectivity index is 1.31. The number of aromatic amines is 1. The smallest absolute Gasteiger partial charge is 0.416 e. The Morgan fingerprint density at radius 1 is 1.10 bits per heavy atom. The standard InChI is InChI=1S/C26H27F3N6O5/c1-3-8-33-23-21(24(37)34(9-4-2)25(33)38)30-22(31-23)18-12-19(32-40-18)39-14-15-10-20(36)35(13-15)17-7-5-6-16(11-17)26(27,28)29/h5-7,11-12,15H,3-4,8-10,13-14H2,1-2H3,(H,30,31). The second kappa shape index (κ2) is 10.7. The van der Waals surface area contributed by atoms with Crippen LogP contribution in [0.25, 0.3) is 22.7 Å². The number of nitrogens with zero attached hydrogens (tertiary/aromatic N) is 5. The average Bonchev–Trinajstić information content (AvgIpc) is 3.66. The summed E-state index contributed by atoms with van der Waals surface area (Å²) in [5.74, 6) is -0.109. The molecule has 1 aromatic carbocycles. The Kier molecular flexibility index (Phi) is 7.25. The summed E-state index contributed by atoms with van der Waals surface area (Å²) in [6, 6.07) is 6.11. The van der Waals surface area contributed by atoms with Gasteiger partial charge in [0.05, 0.1) is 18.2 Å². The normalized spacial score (nSPS) is 15.9. The summed E-state index contributed by atoms with van der Waals surface area (Å²) in [4.78, 5) is 47.0. The van der Waals surface area contributed by atoms with Crippen LogP contribution in [-0.2, 0) is 24.1 Å². The molecule has 1 fully saturated rings. The minimum atomic E-state index is -4.51. The highest BCUT2D eigenvalue weighted by Gasteiger charge is 2.34. The first-order valence-electron chi connectivity index (χ1n) is 12.9. The maximum absolute atomic E-state index is 13.1. The number of alkyl halides is 3. The number of halogens is 3. The van der Waals surface area contributed by atoms with Gasteiger partial charge in [0.25, 0.3) is 11.4 Å². The average molecular weight is 561 g/mol. The molecule has 1 N–H and O–H groups in total. The Labute approximate surface area is 225 Å². The lowest BCUT2D eigenvalue weighted by molar-refractivity contribution is -0.137. The number of aryl methyl sites for hydroxylation is 1. The molecule has 0 bridgehead atoms. The second-order valence-electron chi connectivity index (χ2n) is 9.64. The van der Waals surface area contributed by atoms with E-state index in [1.807, 2.05) is 13.8 Å². The van der Waals surface area contributed by atoms with E-state index >= 15 is 0 Å². The van der Waals surface area contributed by atoms with Gasteiger partial charge >= 0.3 is 11.9 Å².